The van der Waals surface area contributed by atoms with Crippen molar-refractivity contribution >= 4 is 5.91 Å². The van der Waals surface area contributed by atoms with Gasteiger partial charge in [0.25, 0.3) is 5.91 Å². The Morgan fingerprint density at radius 2 is 2.25 bits per heavy atom. The van der Waals surface area contributed by atoms with Crippen molar-refractivity contribution in [3.05, 3.63) is 47.3 Å². The molecule has 0 saturated carbocycles. The van der Waals surface area contributed by atoms with Gasteiger partial charge in [0.15, 0.2) is 0 Å². The summed E-state index contributed by atoms with van der Waals surface area (Å²) in [5.74, 6) is 0.0220. The van der Waals surface area contributed by atoms with Gasteiger partial charge < -0.3 is 9.88 Å². The van der Waals surface area contributed by atoms with Crippen LogP contribution in [0.4, 0.5) is 0 Å². The highest BCUT2D eigenvalue weighted by molar-refractivity contribution is 5.94. The van der Waals surface area contributed by atoms with E-state index in [0.717, 1.165) is 30.0 Å². The molecule has 0 bridgehead atoms. The zero-order valence-electron chi connectivity index (χ0n) is 13.4. The number of amides is 1. The number of H-pyrrole nitrogens is 1. The lowest BCUT2D eigenvalue weighted by molar-refractivity contribution is 0.0745. The molecular weight excluding hydrogens is 308 g/mol. The van der Waals surface area contributed by atoms with E-state index in [4.69, 9.17) is 0 Å². The average molecular weight is 326 g/mol. The molecule has 4 rings (SSSR count). The minimum Gasteiger partial charge on any atom is -0.367 e. The monoisotopic (exact) mass is 326 g/mol. The molecular formula is C15H18N8O. The molecule has 9 heteroatoms. The predicted octanol–water partition coefficient (Wildman–Crippen LogP) is 0.601. The number of fused-ring (bicyclic) bond motifs is 1. The van der Waals surface area contributed by atoms with Crippen molar-refractivity contribution in [1.29, 1.82) is 0 Å². The van der Waals surface area contributed by atoms with E-state index in [1.54, 1.807) is 29.3 Å². The first-order valence-electron chi connectivity index (χ1n) is 7.91. The Kier molecular flexibility index (Phi) is 3.60. The number of hydrogen-bond donors (Lipinski definition) is 1. The van der Waals surface area contributed by atoms with Crippen molar-refractivity contribution in [1.82, 2.24) is 39.9 Å². The molecule has 9 nitrogen and oxygen atoms in total. The molecule has 24 heavy (non-hydrogen) atoms. The van der Waals surface area contributed by atoms with Gasteiger partial charge in [-0.1, -0.05) is 10.4 Å². The first-order valence-corrected chi connectivity index (χ1v) is 7.91. The molecule has 0 spiro atoms. The van der Waals surface area contributed by atoms with Crippen molar-refractivity contribution in [2.75, 3.05) is 6.54 Å². The molecule has 1 aliphatic heterocycles. The molecule has 0 aromatic carbocycles. The summed E-state index contributed by atoms with van der Waals surface area (Å²) in [5, 5.41) is 16.5. The molecule has 4 heterocycles. The number of aromatic nitrogens is 7. The van der Waals surface area contributed by atoms with Crippen molar-refractivity contribution in [2.45, 2.75) is 33.0 Å². The molecule has 0 aliphatic carbocycles. The number of aryl methyl sites for hydroxylation is 2. The number of aromatic amines is 1. The molecule has 1 amide bonds. The molecule has 124 valence electrons. The summed E-state index contributed by atoms with van der Waals surface area (Å²) in [4.78, 5) is 17.4. The zero-order chi connectivity index (χ0) is 16.5. The number of nitrogens with one attached hydrogen (secondary N) is 1. The van der Waals surface area contributed by atoms with Crippen LogP contribution in [0, 0.1) is 6.92 Å². The Balaban J connectivity index is 1.61. The fraction of sp³-hybridized carbons (Fsp3) is 0.400. The van der Waals surface area contributed by atoms with Gasteiger partial charge in [-0.2, -0.15) is 0 Å². The number of hydrogen-bond acceptors (Lipinski definition) is 5. The topological polar surface area (TPSA) is 97.5 Å². The van der Waals surface area contributed by atoms with E-state index < -0.39 is 0 Å². The molecule has 1 N–H and O–H groups in total. The van der Waals surface area contributed by atoms with Crippen LogP contribution in [0.2, 0.25) is 0 Å². The summed E-state index contributed by atoms with van der Waals surface area (Å²) in [7, 11) is 0. The maximum absolute atomic E-state index is 12.7. The van der Waals surface area contributed by atoms with Crippen LogP contribution in [0.3, 0.4) is 0 Å². The van der Waals surface area contributed by atoms with Gasteiger partial charge in [0.1, 0.15) is 5.69 Å². The maximum Gasteiger partial charge on any atom is 0.255 e. The number of carbonyl (C=O) groups excluding carboxylic acids is 1. The minimum atomic E-state index is 0.0220. The van der Waals surface area contributed by atoms with E-state index in [1.807, 2.05) is 16.5 Å². The molecule has 1 aliphatic rings. The van der Waals surface area contributed by atoms with Gasteiger partial charge in [0.2, 0.25) is 0 Å². The lowest BCUT2D eigenvalue weighted by Crippen LogP contribution is -2.30. The minimum absolute atomic E-state index is 0.0220. The van der Waals surface area contributed by atoms with Gasteiger partial charge in [-0.05, 0) is 19.4 Å². The molecule has 3 aromatic heterocycles. The summed E-state index contributed by atoms with van der Waals surface area (Å²) in [6.45, 7) is 4.42. The second kappa shape index (κ2) is 5.91. The van der Waals surface area contributed by atoms with Crippen molar-refractivity contribution in [2.24, 2.45) is 0 Å². The molecule has 0 atom stereocenters. The van der Waals surface area contributed by atoms with Crippen LogP contribution < -0.4 is 0 Å². The van der Waals surface area contributed by atoms with Gasteiger partial charge in [0, 0.05) is 25.5 Å². The first kappa shape index (κ1) is 14.6. The second-order valence-corrected chi connectivity index (χ2v) is 5.92. The second-order valence-electron chi connectivity index (χ2n) is 5.92. The molecule has 3 aromatic rings. The summed E-state index contributed by atoms with van der Waals surface area (Å²) in [5.41, 5.74) is 3.43. The van der Waals surface area contributed by atoms with Crippen LogP contribution in [0.5, 0.6) is 0 Å². The Labute approximate surface area is 138 Å². The number of carbonyl (C=O) groups is 1. The number of nitrogens with zero attached hydrogens (tertiary/aromatic N) is 7. The smallest absolute Gasteiger partial charge is 0.255 e. The third kappa shape index (κ3) is 2.57. The normalized spacial score (nSPS) is 14.5. The van der Waals surface area contributed by atoms with Gasteiger partial charge in [-0.3, -0.25) is 4.79 Å². The van der Waals surface area contributed by atoms with Crippen molar-refractivity contribution in [3.8, 4) is 0 Å². The van der Waals surface area contributed by atoms with E-state index in [1.165, 1.54) is 0 Å². The largest absolute Gasteiger partial charge is 0.367 e. The summed E-state index contributed by atoms with van der Waals surface area (Å²) >= 11 is 0. The van der Waals surface area contributed by atoms with Crippen LogP contribution in [0.25, 0.3) is 0 Å². The van der Waals surface area contributed by atoms with Gasteiger partial charge in [-0.15, -0.1) is 10.2 Å². The van der Waals surface area contributed by atoms with E-state index in [-0.39, 0.29) is 5.91 Å². The van der Waals surface area contributed by atoms with Crippen LogP contribution in [-0.2, 0) is 19.6 Å². The summed E-state index contributed by atoms with van der Waals surface area (Å²) in [6, 6.07) is 1.79. The Morgan fingerprint density at radius 1 is 1.33 bits per heavy atom. The van der Waals surface area contributed by atoms with Gasteiger partial charge >= 0.3 is 0 Å². The Morgan fingerprint density at radius 3 is 3.00 bits per heavy atom. The third-order valence-corrected chi connectivity index (χ3v) is 4.30. The van der Waals surface area contributed by atoms with Crippen LogP contribution in [-0.4, -0.2) is 52.3 Å². The highest BCUT2D eigenvalue weighted by Crippen LogP contribution is 2.18. The maximum atomic E-state index is 12.7. The molecule has 0 radical (unpaired) electrons. The zero-order valence-corrected chi connectivity index (χ0v) is 13.4. The highest BCUT2D eigenvalue weighted by atomic mass is 16.2. The molecule has 0 unspecified atom stereocenters. The van der Waals surface area contributed by atoms with E-state index in [9.17, 15) is 4.79 Å². The highest BCUT2D eigenvalue weighted by Gasteiger charge is 2.24. The quantitative estimate of drug-likeness (QED) is 0.760. The molecule has 0 saturated heterocycles. The lowest BCUT2D eigenvalue weighted by atomic mass is 10.2. The predicted molar refractivity (Wildman–Crippen MR) is 84.0 cm³/mol. The van der Waals surface area contributed by atoms with Gasteiger partial charge in [-0.25, -0.2) is 9.36 Å². The molecule has 0 fully saturated rings. The van der Waals surface area contributed by atoms with Gasteiger partial charge in [0.05, 0.1) is 36.2 Å². The van der Waals surface area contributed by atoms with Crippen LogP contribution in [0.15, 0.2) is 24.7 Å². The summed E-state index contributed by atoms with van der Waals surface area (Å²) in [6.07, 6.45) is 6.05. The Bertz CT molecular complexity index is 847. The van der Waals surface area contributed by atoms with E-state index in [2.05, 4.69) is 25.6 Å². The summed E-state index contributed by atoms with van der Waals surface area (Å²) < 4.78 is 3.68. The fourth-order valence-corrected chi connectivity index (χ4v) is 2.94. The first-order chi connectivity index (χ1) is 11.7. The standard InChI is InChI=1S/C15H18N8O/c1-11-7-17-19-23(11)9-13-14-10-21(5-2-6-22(14)20-18-13)15(24)12-3-4-16-8-12/h3-4,7-8,16H,2,5-6,9-10H2,1H3. The van der Waals surface area contributed by atoms with Crippen LogP contribution >= 0.6 is 0 Å². The fourth-order valence-electron chi connectivity index (χ4n) is 2.94. The number of rotatable bonds is 3. The van der Waals surface area contributed by atoms with Crippen molar-refractivity contribution in [3.63, 3.8) is 0 Å². The SMILES string of the molecule is Cc1cnnn1Cc1nnn2c1CN(C(=O)c1cc[nH]c1)CCC2. The lowest BCUT2D eigenvalue weighted by Gasteiger charge is -2.19. The van der Waals surface area contributed by atoms with E-state index in [0.29, 0.717) is 25.2 Å². The van der Waals surface area contributed by atoms with Crippen molar-refractivity contribution < 1.29 is 4.79 Å². The van der Waals surface area contributed by atoms with E-state index >= 15 is 0 Å². The van der Waals surface area contributed by atoms with Crippen LogP contribution in [0.1, 0.15) is 33.9 Å². The third-order valence-electron chi connectivity index (χ3n) is 4.30. The average Bonchev–Trinajstić information content (AvgIpc) is 3.29. The Hall–Kier alpha value is -2.97.